The van der Waals surface area contributed by atoms with E-state index in [1.54, 1.807) is 33.1 Å². The maximum atomic E-state index is 6.41. The molecule has 0 spiro atoms. The second kappa shape index (κ2) is 21.0. The summed E-state index contributed by atoms with van der Waals surface area (Å²) in [5.41, 5.74) is 18.6. The second-order valence-electron chi connectivity index (χ2n) is 18.2. The molecule has 19 nitrogen and oxygen atoms in total. The molecule has 73 heavy (non-hydrogen) atoms. The number of rotatable bonds is 12. The van der Waals surface area contributed by atoms with E-state index in [9.17, 15) is 0 Å². The molecule has 2 aliphatic rings. The molecule has 8 heterocycles. The number of nitrogens with zero attached hydrogens (tertiary/aromatic N) is 10. The predicted octanol–water partition coefficient (Wildman–Crippen LogP) is 11.1. The van der Waals surface area contributed by atoms with Crippen molar-refractivity contribution in [3.05, 3.63) is 98.9 Å². The van der Waals surface area contributed by atoms with Crippen molar-refractivity contribution in [1.82, 2.24) is 59.8 Å². The standard InChI is InChI=1S/C26H28N6O3.C18H17ClN4O3.C7H11N3.2CH4/c1-13-24(14(2)35-31-13)18-10-20-17(11-22(18)34-5)25-21(27-23(12-33-4)29-26(25)28-20)9-16-8-19(15-6-7-15)30-32(16)3;1-8-15(9(2)26-23-8)11-5-12-10(6-13(11)25-4)16-17(19)21-14(7-24-3)22-18(16)20-12;1-10-7(8)4-6(9-10)5-2-3-5;;/h8,10-11,15H,6-7,9,12H2,1-5H3,(H,27,28,29);5-6H,7H2,1-4H3,(H,20,21,22);4-5H,2-3,8H2,1H3;2*1H4. The molecule has 0 amide bonds. The van der Waals surface area contributed by atoms with E-state index in [1.807, 2.05) is 64.7 Å². The van der Waals surface area contributed by atoms with Crippen LogP contribution in [0.4, 0.5) is 5.82 Å². The van der Waals surface area contributed by atoms with Crippen LogP contribution in [0.1, 0.15) is 110 Å². The van der Waals surface area contributed by atoms with Gasteiger partial charge in [0.2, 0.25) is 0 Å². The van der Waals surface area contributed by atoms with Crippen LogP contribution >= 0.6 is 11.6 Å². The maximum absolute atomic E-state index is 6.41. The molecule has 12 rings (SSSR count). The van der Waals surface area contributed by atoms with Gasteiger partial charge in [-0.25, -0.2) is 19.9 Å². The zero-order valence-electron chi connectivity index (χ0n) is 41.4. The fourth-order valence-corrected chi connectivity index (χ4v) is 9.57. The number of H-pyrrole nitrogens is 2. The minimum Gasteiger partial charge on any atom is -0.496 e. The predicted molar refractivity (Wildman–Crippen MR) is 283 cm³/mol. The van der Waals surface area contributed by atoms with E-state index in [1.165, 1.54) is 37.1 Å². The Bertz CT molecular complexity index is 3550. The first-order chi connectivity index (χ1) is 34.3. The smallest absolute Gasteiger partial charge is 0.158 e. The van der Waals surface area contributed by atoms with Crippen molar-refractivity contribution in [3.63, 3.8) is 0 Å². The average molecular weight is 1010 g/mol. The van der Waals surface area contributed by atoms with Gasteiger partial charge in [0.25, 0.3) is 0 Å². The SMILES string of the molecule is C.C.COCc1nc(Cc2cc(C3CC3)nn2C)c2c(n1)[nH]c1cc(-c3c(C)noc3C)c(OC)cc12.COCc1nc(Cl)c2c(n1)[nH]c1cc(-c3c(C)noc3C)c(OC)cc12.Cn1nc(C2CC2)cc1N. The summed E-state index contributed by atoms with van der Waals surface area (Å²) in [4.78, 5) is 25.3. The highest BCUT2D eigenvalue weighted by Crippen LogP contribution is 2.43. The third-order valence-electron chi connectivity index (χ3n) is 13.1. The summed E-state index contributed by atoms with van der Waals surface area (Å²) in [5.74, 6) is 6.17. The lowest BCUT2D eigenvalue weighted by Gasteiger charge is -2.10. The molecular formula is C53H64ClN13O6. The quantitative estimate of drug-likeness (QED) is 0.0966. The van der Waals surface area contributed by atoms with E-state index >= 15 is 0 Å². The van der Waals surface area contributed by atoms with Gasteiger partial charge in [-0.1, -0.05) is 36.8 Å². The number of benzene rings is 2. The number of ether oxygens (including phenoxy) is 4. The lowest BCUT2D eigenvalue weighted by molar-refractivity contribution is 0.178. The van der Waals surface area contributed by atoms with Crippen LogP contribution in [-0.4, -0.2) is 88.2 Å². The Labute approximate surface area is 428 Å². The van der Waals surface area contributed by atoms with Crippen molar-refractivity contribution in [1.29, 1.82) is 0 Å². The van der Waals surface area contributed by atoms with Crippen LogP contribution in [0.2, 0.25) is 5.15 Å². The van der Waals surface area contributed by atoms with Crippen molar-refractivity contribution >= 4 is 61.3 Å². The lowest BCUT2D eigenvalue weighted by Crippen LogP contribution is -2.05. The Hall–Kier alpha value is -7.35. The van der Waals surface area contributed by atoms with E-state index in [-0.39, 0.29) is 14.9 Å². The molecule has 2 aliphatic carbocycles. The Balaban J connectivity index is 0.000000164. The van der Waals surface area contributed by atoms with Gasteiger partial charge in [0, 0.05) is 96.7 Å². The summed E-state index contributed by atoms with van der Waals surface area (Å²) in [6.07, 6.45) is 5.67. The normalized spacial score (nSPS) is 13.2. The molecule has 2 saturated carbocycles. The minimum atomic E-state index is 0. The minimum absolute atomic E-state index is 0. The summed E-state index contributed by atoms with van der Waals surface area (Å²) in [7, 11) is 10.4. The molecule has 0 radical (unpaired) electrons. The Morgan fingerprint density at radius 1 is 0.644 bits per heavy atom. The zero-order valence-corrected chi connectivity index (χ0v) is 42.2. The molecule has 0 bridgehead atoms. The Kier molecular flexibility index (Phi) is 15.0. The number of anilines is 1. The monoisotopic (exact) mass is 1010 g/mol. The highest BCUT2D eigenvalue weighted by atomic mass is 35.5. The van der Waals surface area contributed by atoms with E-state index in [0.717, 1.165) is 106 Å². The van der Waals surface area contributed by atoms with Gasteiger partial charge in [-0.15, -0.1) is 0 Å². The summed E-state index contributed by atoms with van der Waals surface area (Å²) < 4.78 is 36.3. The highest BCUT2D eigenvalue weighted by Gasteiger charge is 2.29. The van der Waals surface area contributed by atoms with E-state index in [0.29, 0.717) is 59.7 Å². The number of fused-ring (bicyclic) bond motifs is 6. The second-order valence-corrected chi connectivity index (χ2v) is 18.6. The van der Waals surface area contributed by atoms with E-state index in [2.05, 4.69) is 53.5 Å². The first-order valence-corrected chi connectivity index (χ1v) is 23.8. The summed E-state index contributed by atoms with van der Waals surface area (Å²) >= 11 is 6.41. The van der Waals surface area contributed by atoms with Gasteiger partial charge in [-0.2, -0.15) is 10.2 Å². The van der Waals surface area contributed by atoms with Crippen LogP contribution in [0, 0.1) is 27.7 Å². The van der Waals surface area contributed by atoms with E-state index < -0.39 is 0 Å². The fourth-order valence-electron chi connectivity index (χ4n) is 9.28. The molecule has 0 aliphatic heterocycles. The number of methoxy groups -OCH3 is 4. The van der Waals surface area contributed by atoms with E-state index in [4.69, 9.17) is 60.4 Å². The first kappa shape index (κ1) is 52.0. The number of hydrogen-bond donors (Lipinski definition) is 3. The summed E-state index contributed by atoms with van der Waals surface area (Å²) in [6.45, 7) is 8.26. The number of aromatic amines is 2. The van der Waals surface area contributed by atoms with Crippen LogP contribution in [-0.2, 0) is 43.2 Å². The Morgan fingerprint density at radius 2 is 1.12 bits per heavy atom. The Morgan fingerprint density at radius 3 is 1.58 bits per heavy atom. The molecule has 2 fully saturated rings. The van der Waals surface area contributed by atoms with Gasteiger partial charge in [-0.05, 0) is 83.7 Å². The fraction of sp³-hybridized carbons (Fsp3) is 0.396. The molecule has 20 heteroatoms. The van der Waals surface area contributed by atoms with Crippen LogP contribution in [0.15, 0.2) is 45.4 Å². The van der Waals surface area contributed by atoms with Crippen LogP contribution in [0.25, 0.3) is 66.1 Å². The maximum Gasteiger partial charge on any atom is 0.158 e. The van der Waals surface area contributed by atoms with Gasteiger partial charge in [0.1, 0.15) is 58.5 Å². The average Bonchev–Trinajstić information content (AvgIpc) is 4.16. The topological polar surface area (TPSA) is 234 Å². The van der Waals surface area contributed by atoms with Crippen molar-refractivity contribution in [2.45, 2.75) is 99.7 Å². The molecule has 384 valence electrons. The number of nitrogens with two attached hydrogens (primary N) is 1. The highest BCUT2D eigenvalue weighted by molar-refractivity contribution is 6.36. The van der Waals surface area contributed by atoms with Gasteiger partial charge in [0.05, 0.1) is 59.2 Å². The summed E-state index contributed by atoms with van der Waals surface area (Å²) in [5, 5.41) is 21.2. The number of aromatic nitrogens is 12. The molecular weight excluding hydrogens is 950 g/mol. The van der Waals surface area contributed by atoms with Crippen LogP contribution in [0.5, 0.6) is 11.5 Å². The van der Waals surface area contributed by atoms with Crippen molar-refractivity contribution < 1.29 is 28.0 Å². The van der Waals surface area contributed by atoms with Crippen molar-refractivity contribution in [2.24, 2.45) is 14.1 Å². The van der Waals surface area contributed by atoms with Crippen molar-refractivity contribution in [3.8, 4) is 33.8 Å². The molecule has 0 unspecified atom stereocenters. The molecule has 0 saturated heterocycles. The van der Waals surface area contributed by atoms with Crippen LogP contribution in [0.3, 0.4) is 0 Å². The first-order valence-electron chi connectivity index (χ1n) is 23.4. The van der Waals surface area contributed by atoms with Gasteiger partial charge in [0.15, 0.2) is 11.6 Å². The van der Waals surface area contributed by atoms with Crippen molar-refractivity contribution in [2.75, 3.05) is 34.2 Å². The third kappa shape index (κ3) is 10.1. The summed E-state index contributed by atoms with van der Waals surface area (Å²) in [6, 6.07) is 12.2. The lowest BCUT2D eigenvalue weighted by atomic mass is 10.00. The molecule has 4 N–H and O–H groups in total. The van der Waals surface area contributed by atoms with Gasteiger partial charge in [-0.3, -0.25) is 9.36 Å². The van der Waals surface area contributed by atoms with Gasteiger partial charge >= 0.3 is 0 Å². The molecule has 2 aromatic carbocycles. The largest absolute Gasteiger partial charge is 0.496 e. The molecule has 0 atom stereocenters. The molecule has 8 aromatic heterocycles. The number of hydrogen-bond acceptors (Lipinski definition) is 15. The third-order valence-corrected chi connectivity index (χ3v) is 13.4. The van der Waals surface area contributed by atoms with Crippen LogP contribution < -0.4 is 15.2 Å². The van der Waals surface area contributed by atoms with Gasteiger partial charge < -0.3 is 43.7 Å². The number of nitrogen functional groups attached to an aromatic ring is 1. The number of nitrogens with one attached hydrogen (secondary N) is 2. The zero-order chi connectivity index (χ0) is 49.8. The molecule has 10 aromatic rings. The number of halogens is 1. The number of aryl methyl sites for hydroxylation is 6.